The molecular weight excluding hydrogens is 126 g/mol. The number of nitrogens with zero attached hydrogens (tertiary/aromatic N) is 1. The summed E-state index contributed by atoms with van der Waals surface area (Å²) in [6, 6.07) is 2.03. The van der Waals surface area contributed by atoms with E-state index < -0.39 is 0 Å². The zero-order valence-corrected chi connectivity index (χ0v) is 5.75. The van der Waals surface area contributed by atoms with Crippen molar-refractivity contribution in [3.63, 3.8) is 0 Å². The zero-order valence-electron chi connectivity index (χ0n) is 5.75. The SMILES string of the molecule is NCC1CC1c1ccn[nH]1. The molecule has 1 aliphatic carbocycles. The van der Waals surface area contributed by atoms with Gasteiger partial charge in [-0.15, -0.1) is 0 Å². The van der Waals surface area contributed by atoms with Crippen molar-refractivity contribution in [2.24, 2.45) is 11.7 Å². The first-order valence-corrected chi connectivity index (χ1v) is 3.61. The minimum Gasteiger partial charge on any atom is -0.330 e. The van der Waals surface area contributed by atoms with E-state index in [0.29, 0.717) is 11.8 Å². The number of aromatic amines is 1. The molecule has 0 aliphatic heterocycles. The average molecular weight is 137 g/mol. The van der Waals surface area contributed by atoms with Gasteiger partial charge in [0.1, 0.15) is 0 Å². The fourth-order valence-electron chi connectivity index (χ4n) is 1.36. The quantitative estimate of drug-likeness (QED) is 0.622. The van der Waals surface area contributed by atoms with Crippen molar-refractivity contribution >= 4 is 0 Å². The number of nitrogens with two attached hydrogens (primary N) is 1. The molecule has 1 aromatic heterocycles. The predicted octanol–water partition coefficient (Wildman–Crippen LogP) is 0.472. The van der Waals surface area contributed by atoms with Crippen molar-refractivity contribution in [3.8, 4) is 0 Å². The van der Waals surface area contributed by atoms with Gasteiger partial charge in [-0.25, -0.2) is 0 Å². The third-order valence-electron chi connectivity index (χ3n) is 2.15. The maximum absolute atomic E-state index is 5.50. The number of H-pyrrole nitrogens is 1. The molecule has 1 saturated carbocycles. The van der Waals surface area contributed by atoms with E-state index in [0.717, 1.165) is 6.54 Å². The first-order chi connectivity index (χ1) is 4.92. The van der Waals surface area contributed by atoms with E-state index in [-0.39, 0.29) is 0 Å². The molecule has 0 radical (unpaired) electrons. The fraction of sp³-hybridized carbons (Fsp3) is 0.571. The lowest BCUT2D eigenvalue weighted by Gasteiger charge is -1.90. The van der Waals surface area contributed by atoms with Crippen LogP contribution in [0, 0.1) is 5.92 Å². The standard InChI is InChI=1S/C7H11N3/c8-4-5-3-6(5)7-1-2-9-10-7/h1-2,5-6H,3-4,8H2,(H,9,10). The van der Waals surface area contributed by atoms with Gasteiger partial charge in [0, 0.05) is 17.8 Å². The van der Waals surface area contributed by atoms with Gasteiger partial charge in [0.2, 0.25) is 0 Å². The fourth-order valence-corrected chi connectivity index (χ4v) is 1.36. The van der Waals surface area contributed by atoms with Gasteiger partial charge in [0.25, 0.3) is 0 Å². The van der Waals surface area contributed by atoms with Crippen LogP contribution in [0.25, 0.3) is 0 Å². The predicted molar refractivity (Wildman–Crippen MR) is 38.5 cm³/mol. The van der Waals surface area contributed by atoms with E-state index >= 15 is 0 Å². The molecule has 2 unspecified atom stereocenters. The van der Waals surface area contributed by atoms with Crippen LogP contribution in [0.1, 0.15) is 18.0 Å². The molecule has 1 aromatic rings. The molecule has 3 heteroatoms. The molecule has 3 N–H and O–H groups in total. The average Bonchev–Trinajstić information content (AvgIpc) is 2.56. The third kappa shape index (κ3) is 0.827. The van der Waals surface area contributed by atoms with Crippen molar-refractivity contribution in [1.29, 1.82) is 0 Å². The Morgan fingerprint density at radius 1 is 1.80 bits per heavy atom. The van der Waals surface area contributed by atoms with Crippen molar-refractivity contribution < 1.29 is 0 Å². The monoisotopic (exact) mass is 137 g/mol. The van der Waals surface area contributed by atoms with Crippen molar-refractivity contribution in [1.82, 2.24) is 10.2 Å². The number of hydrogen-bond acceptors (Lipinski definition) is 2. The third-order valence-corrected chi connectivity index (χ3v) is 2.15. The first kappa shape index (κ1) is 5.92. The van der Waals surface area contributed by atoms with Crippen molar-refractivity contribution in [2.75, 3.05) is 6.54 Å². The summed E-state index contributed by atoms with van der Waals surface area (Å²) in [4.78, 5) is 0. The molecule has 0 amide bonds. The Bertz CT molecular complexity index is 205. The maximum Gasteiger partial charge on any atom is 0.0490 e. The molecule has 1 fully saturated rings. The zero-order chi connectivity index (χ0) is 6.97. The summed E-state index contributed by atoms with van der Waals surface area (Å²) >= 11 is 0. The van der Waals surface area contributed by atoms with Crippen LogP contribution in [-0.4, -0.2) is 16.7 Å². The highest BCUT2D eigenvalue weighted by Crippen LogP contribution is 2.45. The summed E-state index contributed by atoms with van der Waals surface area (Å²) < 4.78 is 0. The van der Waals surface area contributed by atoms with Crippen molar-refractivity contribution in [3.05, 3.63) is 18.0 Å². The second-order valence-corrected chi connectivity index (χ2v) is 2.85. The summed E-state index contributed by atoms with van der Waals surface area (Å²) in [5.74, 6) is 1.38. The van der Waals surface area contributed by atoms with Crippen LogP contribution in [0.5, 0.6) is 0 Å². The second-order valence-electron chi connectivity index (χ2n) is 2.85. The Morgan fingerprint density at radius 3 is 3.20 bits per heavy atom. The maximum atomic E-state index is 5.50. The molecule has 0 aromatic carbocycles. The largest absolute Gasteiger partial charge is 0.330 e. The van der Waals surface area contributed by atoms with Gasteiger partial charge in [-0.05, 0) is 24.9 Å². The molecule has 0 spiro atoms. The van der Waals surface area contributed by atoms with E-state index in [9.17, 15) is 0 Å². The van der Waals surface area contributed by atoms with Gasteiger partial charge in [-0.2, -0.15) is 5.10 Å². The molecule has 1 aliphatic rings. The molecule has 2 rings (SSSR count). The van der Waals surface area contributed by atoms with Crippen molar-refractivity contribution in [2.45, 2.75) is 12.3 Å². The van der Waals surface area contributed by atoms with Crippen LogP contribution in [0.2, 0.25) is 0 Å². The highest BCUT2D eigenvalue weighted by Gasteiger charge is 2.37. The molecule has 2 atom stereocenters. The van der Waals surface area contributed by atoms with E-state index in [1.54, 1.807) is 6.20 Å². The topological polar surface area (TPSA) is 54.7 Å². The Labute approximate surface area is 59.6 Å². The summed E-state index contributed by atoms with van der Waals surface area (Å²) in [7, 11) is 0. The molecule has 54 valence electrons. The molecule has 0 saturated heterocycles. The van der Waals surface area contributed by atoms with Crippen LogP contribution in [-0.2, 0) is 0 Å². The lowest BCUT2D eigenvalue weighted by Crippen LogP contribution is -2.01. The number of hydrogen-bond donors (Lipinski definition) is 2. The number of aromatic nitrogens is 2. The summed E-state index contributed by atoms with van der Waals surface area (Å²) in [5.41, 5.74) is 6.74. The Morgan fingerprint density at radius 2 is 2.70 bits per heavy atom. The Kier molecular flexibility index (Phi) is 1.24. The van der Waals surface area contributed by atoms with Gasteiger partial charge in [-0.1, -0.05) is 0 Å². The molecule has 0 bridgehead atoms. The summed E-state index contributed by atoms with van der Waals surface area (Å²) in [5, 5.41) is 6.84. The molecule has 3 nitrogen and oxygen atoms in total. The minimum absolute atomic E-state index is 0.674. The Balaban J connectivity index is 2.05. The molecule has 10 heavy (non-hydrogen) atoms. The van der Waals surface area contributed by atoms with Crippen LogP contribution >= 0.6 is 0 Å². The lowest BCUT2D eigenvalue weighted by atomic mass is 10.2. The first-order valence-electron chi connectivity index (χ1n) is 3.61. The minimum atomic E-state index is 0.674. The number of rotatable bonds is 2. The summed E-state index contributed by atoms with van der Waals surface area (Å²) in [6.07, 6.45) is 3.03. The van der Waals surface area contributed by atoms with Gasteiger partial charge >= 0.3 is 0 Å². The molecular formula is C7H11N3. The van der Waals surface area contributed by atoms with Gasteiger partial charge in [0.05, 0.1) is 0 Å². The van der Waals surface area contributed by atoms with Gasteiger partial charge in [0.15, 0.2) is 0 Å². The number of nitrogens with one attached hydrogen (secondary N) is 1. The second kappa shape index (κ2) is 2.09. The highest BCUT2D eigenvalue weighted by molar-refractivity contribution is 5.15. The smallest absolute Gasteiger partial charge is 0.0490 e. The van der Waals surface area contributed by atoms with E-state index in [4.69, 9.17) is 5.73 Å². The van der Waals surface area contributed by atoms with Crippen LogP contribution in [0.3, 0.4) is 0 Å². The van der Waals surface area contributed by atoms with Crippen LogP contribution < -0.4 is 5.73 Å². The highest BCUT2D eigenvalue weighted by atomic mass is 15.1. The van der Waals surface area contributed by atoms with Gasteiger partial charge in [-0.3, -0.25) is 5.10 Å². The summed E-state index contributed by atoms with van der Waals surface area (Å²) in [6.45, 7) is 0.809. The van der Waals surface area contributed by atoms with Crippen LogP contribution in [0.15, 0.2) is 12.3 Å². The van der Waals surface area contributed by atoms with E-state index in [2.05, 4.69) is 10.2 Å². The van der Waals surface area contributed by atoms with Gasteiger partial charge < -0.3 is 5.73 Å². The normalized spacial score (nSPS) is 30.5. The Hall–Kier alpha value is -0.830. The van der Waals surface area contributed by atoms with E-state index in [1.807, 2.05) is 6.07 Å². The van der Waals surface area contributed by atoms with Crippen LogP contribution in [0.4, 0.5) is 0 Å². The molecule has 1 heterocycles. The van der Waals surface area contributed by atoms with E-state index in [1.165, 1.54) is 12.1 Å². The lowest BCUT2D eigenvalue weighted by molar-refractivity contribution is 0.793.